The van der Waals surface area contributed by atoms with E-state index in [4.69, 9.17) is 9.47 Å². The molecule has 1 aliphatic heterocycles. The van der Waals surface area contributed by atoms with Gasteiger partial charge in [0.25, 0.3) is 0 Å². The minimum Gasteiger partial charge on any atom is -0.469 e. The number of benzene rings is 1. The second-order valence-corrected chi connectivity index (χ2v) is 3.94. The number of hydrogen-bond acceptors (Lipinski definition) is 3. The highest BCUT2D eigenvalue weighted by Crippen LogP contribution is 2.28. The van der Waals surface area contributed by atoms with Gasteiger partial charge in [0.15, 0.2) is 5.78 Å². The summed E-state index contributed by atoms with van der Waals surface area (Å²) < 4.78 is 10.9. The van der Waals surface area contributed by atoms with E-state index in [1.807, 2.05) is 44.2 Å². The molecule has 2 rings (SSSR count). The van der Waals surface area contributed by atoms with Crippen LogP contribution in [0.5, 0.6) is 0 Å². The molecule has 0 radical (unpaired) electrons. The van der Waals surface area contributed by atoms with Crippen molar-refractivity contribution in [2.45, 2.75) is 26.6 Å². The summed E-state index contributed by atoms with van der Waals surface area (Å²) in [4.78, 5) is 12.2. The third-order valence-electron chi connectivity index (χ3n) is 2.77. The number of ether oxygens (including phenoxy) is 2. The van der Waals surface area contributed by atoms with Crippen molar-refractivity contribution in [3.05, 3.63) is 47.2 Å². The molecule has 90 valence electrons. The third-order valence-corrected chi connectivity index (χ3v) is 2.77. The van der Waals surface area contributed by atoms with Gasteiger partial charge in [-0.1, -0.05) is 30.3 Å². The fourth-order valence-electron chi connectivity index (χ4n) is 1.92. The number of allylic oxidation sites excluding steroid dienone is 1. The zero-order valence-electron chi connectivity index (χ0n) is 10.1. The van der Waals surface area contributed by atoms with Gasteiger partial charge in [0.2, 0.25) is 6.29 Å². The molecular weight excluding hydrogens is 216 g/mol. The maximum Gasteiger partial charge on any atom is 0.203 e. The second kappa shape index (κ2) is 5.15. The summed E-state index contributed by atoms with van der Waals surface area (Å²) in [6.07, 6.45) is 0.232. The number of ketones is 1. The van der Waals surface area contributed by atoms with Crippen molar-refractivity contribution >= 4 is 5.78 Å². The van der Waals surface area contributed by atoms with Crippen LogP contribution in [0.2, 0.25) is 0 Å². The van der Waals surface area contributed by atoms with Crippen molar-refractivity contribution in [2.24, 2.45) is 0 Å². The molecule has 1 unspecified atom stereocenters. The Morgan fingerprint density at radius 1 is 1.41 bits per heavy atom. The summed E-state index contributed by atoms with van der Waals surface area (Å²) in [5.41, 5.74) is 1.41. The van der Waals surface area contributed by atoms with Gasteiger partial charge in [-0.3, -0.25) is 4.79 Å². The van der Waals surface area contributed by atoms with Crippen LogP contribution in [0.1, 0.15) is 30.6 Å². The van der Waals surface area contributed by atoms with E-state index in [2.05, 4.69) is 0 Å². The average molecular weight is 232 g/mol. The first-order chi connectivity index (χ1) is 8.22. The number of carbonyl (C=O) groups excluding carboxylic acids is 1. The lowest BCUT2D eigenvalue weighted by molar-refractivity contribution is -0.0955. The first kappa shape index (κ1) is 11.9. The van der Waals surface area contributed by atoms with Crippen molar-refractivity contribution in [3.63, 3.8) is 0 Å². The first-order valence-corrected chi connectivity index (χ1v) is 5.80. The van der Waals surface area contributed by atoms with Crippen LogP contribution >= 0.6 is 0 Å². The van der Waals surface area contributed by atoms with Gasteiger partial charge in [-0.15, -0.1) is 0 Å². The smallest absolute Gasteiger partial charge is 0.203 e. The van der Waals surface area contributed by atoms with Gasteiger partial charge in [-0.2, -0.15) is 0 Å². The van der Waals surface area contributed by atoms with E-state index in [1.54, 1.807) is 0 Å². The Balaban J connectivity index is 2.13. The highest BCUT2D eigenvalue weighted by atomic mass is 16.7. The first-order valence-electron chi connectivity index (χ1n) is 5.80. The SMILES string of the molecule is CCOC1CC(C(=O)c2ccccc2)=C(C)O1. The lowest BCUT2D eigenvalue weighted by Gasteiger charge is -2.10. The molecule has 0 aromatic heterocycles. The van der Waals surface area contributed by atoms with Crippen molar-refractivity contribution < 1.29 is 14.3 Å². The van der Waals surface area contributed by atoms with Crippen LogP contribution in [-0.2, 0) is 9.47 Å². The van der Waals surface area contributed by atoms with E-state index in [9.17, 15) is 4.79 Å². The van der Waals surface area contributed by atoms with Crippen LogP contribution in [0.25, 0.3) is 0 Å². The summed E-state index contributed by atoms with van der Waals surface area (Å²) in [5, 5.41) is 0. The second-order valence-electron chi connectivity index (χ2n) is 3.94. The standard InChI is InChI=1S/C14H16O3/c1-3-16-13-9-12(10(2)17-13)14(15)11-7-5-4-6-8-11/h4-8,13H,3,9H2,1-2H3. The normalized spacial score (nSPS) is 19.3. The topological polar surface area (TPSA) is 35.5 Å². The van der Waals surface area contributed by atoms with Gasteiger partial charge in [0, 0.05) is 24.2 Å². The van der Waals surface area contributed by atoms with Crippen LogP contribution in [0.4, 0.5) is 0 Å². The van der Waals surface area contributed by atoms with Crippen LogP contribution in [0, 0.1) is 0 Å². The fraction of sp³-hybridized carbons (Fsp3) is 0.357. The van der Waals surface area contributed by atoms with Gasteiger partial charge >= 0.3 is 0 Å². The molecule has 0 aliphatic carbocycles. The largest absolute Gasteiger partial charge is 0.469 e. The van der Waals surface area contributed by atoms with E-state index in [-0.39, 0.29) is 12.1 Å². The van der Waals surface area contributed by atoms with Crippen molar-refractivity contribution in [2.75, 3.05) is 6.61 Å². The highest BCUT2D eigenvalue weighted by Gasteiger charge is 2.28. The zero-order valence-corrected chi connectivity index (χ0v) is 10.1. The Bertz CT molecular complexity index is 434. The Kier molecular flexibility index (Phi) is 3.59. The van der Waals surface area contributed by atoms with Gasteiger partial charge in [-0.05, 0) is 13.8 Å². The average Bonchev–Trinajstić information content (AvgIpc) is 2.71. The zero-order chi connectivity index (χ0) is 12.3. The van der Waals surface area contributed by atoms with Crippen LogP contribution in [0.15, 0.2) is 41.7 Å². The minimum absolute atomic E-state index is 0.0327. The minimum atomic E-state index is -0.303. The quantitative estimate of drug-likeness (QED) is 0.749. The van der Waals surface area contributed by atoms with E-state index in [0.29, 0.717) is 24.4 Å². The summed E-state index contributed by atoms with van der Waals surface area (Å²) >= 11 is 0. The Morgan fingerprint density at radius 2 is 2.12 bits per heavy atom. The highest BCUT2D eigenvalue weighted by molar-refractivity contribution is 6.09. The number of rotatable bonds is 4. The summed E-state index contributed by atoms with van der Waals surface area (Å²) in [5.74, 6) is 0.711. The van der Waals surface area contributed by atoms with Crippen molar-refractivity contribution in [1.82, 2.24) is 0 Å². The van der Waals surface area contributed by atoms with E-state index < -0.39 is 0 Å². The molecule has 0 bridgehead atoms. The molecule has 0 amide bonds. The fourth-order valence-corrected chi connectivity index (χ4v) is 1.92. The molecule has 0 saturated carbocycles. The maximum absolute atomic E-state index is 12.2. The molecule has 0 fully saturated rings. The summed E-state index contributed by atoms with van der Waals surface area (Å²) in [6, 6.07) is 9.25. The van der Waals surface area contributed by atoms with Crippen LogP contribution < -0.4 is 0 Å². The lowest BCUT2D eigenvalue weighted by Crippen LogP contribution is -2.12. The van der Waals surface area contributed by atoms with Crippen LogP contribution in [0.3, 0.4) is 0 Å². The molecule has 1 heterocycles. The summed E-state index contributed by atoms with van der Waals surface area (Å²) in [7, 11) is 0. The molecule has 3 heteroatoms. The van der Waals surface area contributed by atoms with Gasteiger partial charge in [0.1, 0.15) is 5.76 Å². The third kappa shape index (κ3) is 2.56. The van der Waals surface area contributed by atoms with E-state index in [0.717, 1.165) is 5.57 Å². The molecule has 17 heavy (non-hydrogen) atoms. The van der Waals surface area contributed by atoms with Crippen LogP contribution in [-0.4, -0.2) is 18.7 Å². The molecular formula is C14H16O3. The number of carbonyl (C=O) groups is 1. The molecule has 0 saturated heterocycles. The molecule has 0 spiro atoms. The van der Waals surface area contributed by atoms with Gasteiger partial charge in [0.05, 0.1) is 0 Å². The number of hydrogen-bond donors (Lipinski definition) is 0. The van der Waals surface area contributed by atoms with E-state index >= 15 is 0 Å². The Labute approximate surface area is 101 Å². The molecule has 1 atom stereocenters. The van der Waals surface area contributed by atoms with Gasteiger partial charge in [-0.25, -0.2) is 0 Å². The molecule has 1 aromatic carbocycles. The number of Topliss-reactive ketones (excluding diaryl/α,β-unsaturated/α-hetero) is 1. The molecule has 0 N–H and O–H groups in total. The monoisotopic (exact) mass is 232 g/mol. The van der Waals surface area contributed by atoms with Crippen molar-refractivity contribution in [3.8, 4) is 0 Å². The maximum atomic E-state index is 12.2. The Hall–Kier alpha value is -1.61. The van der Waals surface area contributed by atoms with E-state index in [1.165, 1.54) is 0 Å². The lowest BCUT2D eigenvalue weighted by atomic mass is 10.0. The predicted molar refractivity (Wildman–Crippen MR) is 64.6 cm³/mol. The summed E-state index contributed by atoms with van der Waals surface area (Å²) in [6.45, 7) is 4.32. The van der Waals surface area contributed by atoms with Gasteiger partial charge < -0.3 is 9.47 Å². The molecule has 1 aliphatic rings. The Morgan fingerprint density at radius 3 is 2.76 bits per heavy atom. The molecule has 1 aromatic rings. The molecule has 3 nitrogen and oxygen atoms in total. The predicted octanol–water partition coefficient (Wildman–Crippen LogP) is 2.93. The van der Waals surface area contributed by atoms with Crippen molar-refractivity contribution in [1.29, 1.82) is 0 Å².